The largest absolute Gasteiger partial charge is 0.491 e. The van der Waals surface area contributed by atoms with Crippen molar-refractivity contribution >= 4 is 6.09 Å². The van der Waals surface area contributed by atoms with E-state index in [4.69, 9.17) is 61.6 Å². The fourth-order valence-corrected chi connectivity index (χ4v) is 5.19. The van der Waals surface area contributed by atoms with Crippen molar-refractivity contribution in [2.45, 2.75) is 84.7 Å². The van der Waals surface area contributed by atoms with Gasteiger partial charge < -0.3 is 66.5 Å². The molecule has 60 heavy (non-hydrogen) atoms. The van der Waals surface area contributed by atoms with Gasteiger partial charge >= 0.3 is 6.09 Å². The first-order valence-electron chi connectivity index (χ1n) is 22.3. The van der Waals surface area contributed by atoms with Crippen LogP contribution in [0.15, 0.2) is 24.3 Å². The summed E-state index contributed by atoms with van der Waals surface area (Å²) in [4.78, 5) is 13.4. The van der Waals surface area contributed by atoms with E-state index in [1.54, 1.807) is 7.05 Å². The van der Waals surface area contributed by atoms with Crippen molar-refractivity contribution < 1.29 is 66.4 Å². The number of rotatable bonds is 45. The molecule has 0 fully saturated rings. The molecule has 0 atom stereocenters. The minimum Gasteiger partial charge on any atom is -0.491 e. The van der Waals surface area contributed by atoms with Crippen LogP contribution >= 0.6 is 0 Å². The number of amides is 1. The average Bonchev–Trinajstić information content (AvgIpc) is 3.23. The summed E-state index contributed by atoms with van der Waals surface area (Å²) in [6.07, 6.45) is 10.1. The van der Waals surface area contributed by atoms with Gasteiger partial charge in [-0.3, -0.25) is 0 Å². The quantitative estimate of drug-likeness (QED) is 0.0668. The predicted octanol–water partition coefficient (Wildman–Crippen LogP) is 6.41. The summed E-state index contributed by atoms with van der Waals surface area (Å²) in [5, 5.41) is 0. The Balaban J connectivity index is 1.69. The molecule has 1 amide bonds. The highest BCUT2D eigenvalue weighted by atomic mass is 16.6. The number of nitrogens with zero attached hydrogens (tertiary/aromatic N) is 1. The third-order valence-electron chi connectivity index (χ3n) is 8.49. The van der Waals surface area contributed by atoms with Gasteiger partial charge in [-0.05, 0) is 51.3 Å². The molecule has 0 heterocycles. The molecule has 1 rings (SSSR count). The van der Waals surface area contributed by atoms with Crippen LogP contribution < -0.4 is 4.74 Å². The number of ether oxygens (including phenoxy) is 13. The van der Waals surface area contributed by atoms with E-state index in [-0.39, 0.29) is 6.09 Å². The zero-order chi connectivity index (χ0) is 43.5. The summed E-state index contributed by atoms with van der Waals surface area (Å²) < 4.78 is 71.8. The minimum atomic E-state index is -0.512. The Morgan fingerprint density at radius 1 is 0.450 bits per heavy atom. The number of hydrogen-bond acceptors (Lipinski definition) is 14. The zero-order valence-corrected chi connectivity index (χ0v) is 38.1. The topological polar surface area (TPSA) is 140 Å². The van der Waals surface area contributed by atoms with E-state index >= 15 is 0 Å². The average molecular weight is 862 g/mol. The summed E-state index contributed by atoms with van der Waals surface area (Å²) in [6.45, 7) is 19.6. The van der Waals surface area contributed by atoms with Gasteiger partial charge in [0, 0.05) is 13.6 Å². The number of carbonyl (C=O) groups excluding carboxylic acids is 1. The second kappa shape index (κ2) is 42.2. The van der Waals surface area contributed by atoms with E-state index in [9.17, 15) is 4.79 Å². The molecule has 0 aliphatic heterocycles. The highest BCUT2D eigenvalue weighted by Crippen LogP contribution is 2.15. The van der Waals surface area contributed by atoms with Crippen LogP contribution in [-0.4, -0.2) is 182 Å². The molecule has 0 aliphatic rings. The van der Waals surface area contributed by atoms with Crippen LogP contribution in [0.1, 0.15) is 78.2 Å². The maximum absolute atomic E-state index is 11.9. The van der Waals surface area contributed by atoms with Crippen LogP contribution in [-0.2, 0) is 63.3 Å². The predicted molar refractivity (Wildman–Crippen MR) is 232 cm³/mol. The van der Waals surface area contributed by atoms with E-state index in [2.05, 4.69) is 31.2 Å². The fourth-order valence-electron chi connectivity index (χ4n) is 5.19. The number of carbonyl (C=O) groups is 1. The van der Waals surface area contributed by atoms with Gasteiger partial charge in [-0.25, -0.2) is 4.79 Å². The molecule has 1 aromatic carbocycles. The molecule has 0 saturated heterocycles. The lowest BCUT2D eigenvalue weighted by atomic mass is 10.0. The standard InChI is InChI=1S/C45H83NO14/c1-6-7-8-9-10-11-12-13-42-14-16-43(17-15-42)59-41-40-58-39-38-57-37-36-56-35-34-55-33-32-54-31-30-53-29-28-52-27-26-51-25-24-50-23-22-49-21-20-48-19-18-46(5)44(47)60-45(2,3)4/h14-17H,6-13,18-41H2,1-5H3. The second-order valence-corrected chi connectivity index (χ2v) is 15.0. The van der Waals surface area contributed by atoms with Crippen LogP contribution in [0.3, 0.4) is 0 Å². The van der Waals surface area contributed by atoms with E-state index in [1.165, 1.54) is 55.4 Å². The summed E-state index contributed by atoms with van der Waals surface area (Å²) in [7, 11) is 1.68. The number of benzene rings is 1. The molecular formula is C45H83NO14. The van der Waals surface area contributed by atoms with Crippen molar-refractivity contribution in [3.63, 3.8) is 0 Å². The van der Waals surface area contributed by atoms with E-state index in [0.29, 0.717) is 159 Å². The molecule has 352 valence electrons. The van der Waals surface area contributed by atoms with Crippen LogP contribution in [0.5, 0.6) is 5.75 Å². The Bertz CT molecular complexity index is 1050. The van der Waals surface area contributed by atoms with Gasteiger partial charge in [0.25, 0.3) is 0 Å². The molecule has 0 radical (unpaired) electrons. The van der Waals surface area contributed by atoms with Gasteiger partial charge in [-0.1, -0.05) is 57.6 Å². The molecule has 0 bridgehead atoms. The summed E-state index contributed by atoms with van der Waals surface area (Å²) in [5.74, 6) is 0.883. The lowest BCUT2D eigenvalue weighted by Crippen LogP contribution is -2.36. The molecule has 0 unspecified atom stereocenters. The minimum absolute atomic E-state index is 0.364. The first kappa shape index (κ1) is 55.9. The van der Waals surface area contributed by atoms with Crippen LogP contribution in [0.2, 0.25) is 0 Å². The van der Waals surface area contributed by atoms with Crippen molar-refractivity contribution in [3.05, 3.63) is 29.8 Å². The number of aryl methyl sites for hydroxylation is 1. The first-order valence-corrected chi connectivity index (χ1v) is 22.3. The number of unbranched alkanes of at least 4 members (excludes halogenated alkanes) is 6. The van der Waals surface area contributed by atoms with E-state index in [1.807, 2.05) is 20.8 Å². The number of likely N-dealkylation sites (N-methyl/N-ethyl adjacent to an activating group) is 1. The summed E-state index contributed by atoms with van der Waals surface area (Å²) in [5.41, 5.74) is 0.864. The van der Waals surface area contributed by atoms with E-state index < -0.39 is 5.60 Å². The molecule has 0 saturated carbocycles. The smallest absolute Gasteiger partial charge is 0.410 e. The first-order chi connectivity index (χ1) is 29.3. The van der Waals surface area contributed by atoms with Crippen molar-refractivity contribution in [2.24, 2.45) is 0 Å². The lowest BCUT2D eigenvalue weighted by molar-refractivity contribution is -0.0279. The highest BCUT2D eigenvalue weighted by Gasteiger charge is 2.19. The van der Waals surface area contributed by atoms with Gasteiger partial charge in [0.05, 0.1) is 145 Å². The monoisotopic (exact) mass is 862 g/mol. The maximum Gasteiger partial charge on any atom is 0.410 e. The molecule has 0 aromatic heterocycles. The fraction of sp³-hybridized carbons (Fsp3) is 0.844. The van der Waals surface area contributed by atoms with Crippen molar-refractivity contribution in [3.8, 4) is 5.75 Å². The van der Waals surface area contributed by atoms with Crippen molar-refractivity contribution in [2.75, 3.05) is 166 Å². The molecule has 1 aromatic rings. The van der Waals surface area contributed by atoms with E-state index in [0.717, 1.165) is 12.2 Å². The van der Waals surface area contributed by atoms with Gasteiger partial charge in [0.2, 0.25) is 0 Å². The van der Waals surface area contributed by atoms with Crippen molar-refractivity contribution in [1.29, 1.82) is 0 Å². The molecule has 15 heteroatoms. The third kappa shape index (κ3) is 40.0. The summed E-state index contributed by atoms with van der Waals surface area (Å²) in [6, 6.07) is 8.45. The van der Waals surface area contributed by atoms with Crippen LogP contribution in [0.25, 0.3) is 0 Å². The molecule has 0 N–H and O–H groups in total. The Morgan fingerprint density at radius 2 is 0.767 bits per heavy atom. The molecule has 0 aliphatic carbocycles. The van der Waals surface area contributed by atoms with Gasteiger partial charge in [-0.2, -0.15) is 0 Å². The lowest BCUT2D eigenvalue weighted by Gasteiger charge is -2.24. The highest BCUT2D eigenvalue weighted by molar-refractivity contribution is 5.67. The van der Waals surface area contributed by atoms with Gasteiger partial charge in [0.1, 0.15) is 18.0 Å². The number of hydrogen-bond donors (Lipinski definition) is 0. The SMILES string of the molecule is CCCCCCCCCc1ccc(OCCOCCOCCOCCOCCOCCOCCOCCOCCOCCOCCOCCN(C)C(=O)OC(C)(C)C)cc1. The Hall–Kier alpha value is -2.15. The third-order valence-corrected chi connectivity index (χ3v) is 8.49. The Labute approximate surface area is 362 Å². The Kier molecular flexibility index (Phi) is 39.3. The summed E-state index contributed by atoms with van der Waals surface area (Å²) >= 11 is 0. The second-order valence-electron chi connectivity index (χ2n) is 15.0. The van der Waals surface area contributed by atoms with Gasteiger partial charge in [-0.15, -0.1) is 0 Å². The molecule has 15 nitrogen and oxygen atoms in total. The van der Waals surface area contributed by atoms with Crippen LogP contribution in [0, 0.1) is 0 Å². The molecule has 0 spiro atoms. The van der Waals surface area contributed by atoms with Gasteiger partial charge in [0.15, 0.2) is 0 Å². The zero-order valence-electron chi connectivity index (χ0n) is 38.1. The Morgan fingerprint density at radius 3 is 1.12 bits per heavy atom. The van der Waals surface area contributed by atoms with Crippen LogP contribution in [0.4, 0.5) is 4.79 Å². The maximum atomic E-state index is 11.9. The van der Waals surface area contributed by atoms with Crippen molar-refractivity contribution in [1.82, 2.24) is 4.90 Å². The molecular weight excluding hydrogens is 778 g/mol. The normalized spacial score (nSPS) is 11.7.